The van der Waals surface area contributed by atoms with E-state index in [0.29, 0.717) is 12.3 Å². The van der Waals surface area contributed by atoms with Gasteiger partial charge >= 0.3 is 0 Å². The van der Waals surface area contributed by atoms with E-state index in [9.17, 15) is 13.5 Å². The van der Waals surface area contributed by atoms with Gasteiger partial charge in [0.2, 0.25) is 10.0 Å². The molecule has 1 N–H and O–H groups in total. The molecule has 1 aliphatic heterocycles. The van der Waals surface area contributed by atoms with Gasteiger partial charge < -0.3 is 14.7 Å². The van der Waals surface area contributed by atoms with Gasteiger partial charge in [-0.25, -0.2) is 8.42 Å². The van der Waals surface area contributed by atoms with Crippen LogP contribution in [0.2, 0.25) is 0 Å². The first-order valence-corrected chi connectivity index (χ1v) is 11.7. The number of fused-ring (bicyclic) bond motifs is 1. The molecule has 6 nitrogen and oxygen atoms in total. The summed E-state index contributed by atoms with van der Waals surface area (Å²) in [6, 6.07) is 4.52. The molecule has 1 heterocycles. The summed E-state index contributed by atoms with van der Waals surface area (Å²) in [5.41, 5.74) is 0. The van der Waals surface area contributed by atoms with E-state index in [-0.39, 0.29) is 23.5 Å². The van der Waals surface area contributed by atoms with E-state index >= 15 is 0 Å². The zero-order valence-electron chi connectivity index (χ0n) is 16.1. The van der Waals surface area contributed by atoms with Crippen LogP contribution in [0.1, 0.15) is 26.7 Å². The highest BCUT2D eigenvalue weighted by molar-refractivity contribution is 9.10. The quantitative estimate of drug-likeness (QED) is 0.706. The SMILES string of the molecule is C[C@H]1CN([C@@H](C)CO)S(=O)(=O)c2ccc(Br)cc2O[C@H]1CN(C)CC1CC1. The number of aliphatic hydroxyl groups is 1. The van der Waals surface area contributed by atoms with Crippen molar-refractivity contribution in [3.63, 3.8) is 0 Å². The van der Waals surface area contributed by atoms with Gasteiger partial charge in [0.05, 0.1) is 6.61 Å². The van der Waals surface area contributed by atoms with Gasteiger partial charge in [0.1, 0.15) is 16.7 Å². The van der Waals surface area contributed by atoms with Gasteiger partial charge in [0, 0.05) is 36.1 Å². The van der Waals surface area contributed by atoms with Crippen LogP contribution in [0.3, 0.4) is 0 Å². The fourth-order valence-corrected chi connectivity index (χ4v) is 5.71. The Morgan fingerprint density at radius 2 is 2.07 bits per heavy atom. The number of rotatable bonds is 6. The monoisotopic (exact) mass is 460 g/mol. The first-order chi connectivity index (χ1) is 12.7. The second-order valence-electron chi connectivity index (χ2n) is 8.00. The van der Waals surface area contributed by atoms with E-state index in [1.807, 2.05) is 6.92 Å². The van der Waals surface area contributed by atoms with Crippen LogP contribution in [-0.2, 0) is 10.0 Å². The van der Waals surface area contributed by atoms with Crippen LogP contribution in [0.5, 0.6) is 5.75 Å². The lowest BCUT2D eigenvalue weighted by molar-refractivity contribution is 0.0740. The van der Waals surface area contributed by atoms with Crippen molar-refractivity contribution in [1.29, 1.82) is 0 Å². The molecule has 0 spiro atoms. The van der Waals surface area contributed by atoms with E-state index < -0.39 is 16.1 Å². The number of nitrogens with zero attached hydrogens (tertiary/aromatic N) is 2. The summed E-state index contributed by atoms with van der Waals surface area (Å²) in [7, 11) is -1.65. The lowest BCUT2D eigenvalue weighted by Crippen LogP contribution is -2.49. The predicted octanol–water partition coefficient (Wildman–Crippen LogP) is 2.56. The first kappa shape index (κ1) is 21.0. The van der Waals surface area contributed by atoms with Gasteiger partial charge in [-0.15, -0.1) is 0 Å². The van der Waals surface area contributed by atoms with E-state index in [1.165, 1.54) is 17.1 Å². The Kier molecular flexibility index (Phi) is 6.52. The Morgan fingerprint density at radius 3 is 2.70 bits per heavy atom. The molecule has 1 aromatic rings. The molecule has 1 saturated carbocycles. The molecule has 8 heteroatoms. The van der Waals surface area contributed by atoms with Crippen LogP contribution >= 0.6 is 15.9 Å². The summed E-state index contributed by atoms with van der Waals surface area (Å²) in [4.78, 5) is 2.44. The second-order valence-corrected chi connectivity index (χ2v) is 10.8. The average molecular weight is 461 g/mol. The maximum Gasteiger partial charge on any atom is 0.247 e. The number of aliphatic hydroxyl groups excluding tert-OH is 1. The topological polar surface area (TPSA) is 70.1 Å². The van der Waals surface area contributed by atoms with E-state index in [1.54, 1.807) is 25.1 Å². The van der Waals surface area contributed by atoms with E-state index in [2.05, 4.69) is 27.9 Å². The van der Waals surface area contributed by atoms with Crippen LogP contribution in [0.25, 0.3) is 0 Å². The van der Waals surface area contributed by atoms with Crippen molar-refractivity contribution in [2.24, 2.45) is 11.8 Å². The number of halogens is 1. The molecule has 0 bridgehead atoms. The van der Waals surface area contributed by atoms with E-state index in [0.717, 1.165) is 23.5 Å². The molecule has 0 radical (unpaired) electrons. The van der Waals surface area contributed by atoms with Gasteiger partial charge in [-0.05, 0) is 50.9 Å². The standard InChI is InChI=1S/C19H29BrN2O4S/c1-13-9-22(14(2)12-23)27(24,25)19-7-6-16(20)8-17(19)26-18(13)11-21(3)10-15-4-5-15/h6-8,13-15,18,23H,4-5,9-12H2,1-3H3/t13-,14-,18-/m0/s1. The highest BCUT2D eigenvalue weighted by Crippen LogP contribution is 2.35. The van der Waals surface area contributed by atoms with Crippen molar-refractivity contribution in [3.05, 3.63) is 22.7 Å². The molecule has 0 amide bonds. The number of benzene rings is 1. The van der Waals surface area contributed by atoms with Crippen molar-refractivity contribution in [1.82, 2.24) is 9.21 Å². The van der Waals surface area contributed by atoms with Gasteiger partial charge in [-0.1, -0.05) is 22.9 Å². The minimum absolute atomic E-state index is 0.0115. The van der Waals surface area contributed by atoms with Gasteiger partial charge in [-0.3, -0.25) is 0 Å². The average Bonchev–Trinajstić information content (AvgIpc) is 3.41. The normalized spacial score (nSPS) is 26.7. The Hall–Kier alpha value is -0.670. The number of hydrogen-bond donors (Lipinski definition) is 1. The molecule has 1 aromatic carbocycles. The summed E-state index contributed by atoms with van der Waals surface area (Å²) in [6.07, 6.45) is 2.45. The van der Waals surface area contributed by atoms with Crippen LogP contribution in [0.4, 0.5) is 0 Å². The molecule has 3 atom stereocenters. The molecule has 3 rings (SSSR count). The lowest BCUT2D eigenvalue weighted by Gasteiger charge is -2.37. The van der Waals surface area contributed by atoms with Gasteiger partial charge in [0.15, 0.2) is 0 Å². The molecule has 0 unspecified atom stereocenters. The number of ether oxygens (including phenoxy) is 1. The highest BCUT2D eigenvalue weighted by atomic mass is 79.9. The Labute approximate surface area is 170 Å². The zero-order valence-corrected chi connectivity index (χ0v) is 18.5. The summed E-state index contributed by atoms with van der Waals surface area (Å²) in [5.74, 6) is 1.14. The second kappa shape index (κ2) is 8.37. The number of hydrogen-bond acceptors (Lipinski definition) is 5. The first-order valence-electron chi connectivity index (χ1n) is 9.49. The third-order valence-electron chi connectivity index (χ3n) is 5.39. The maximum atomic E-state index is 13.2. The molecule has 0 saturated heterocycles. The Balaban J connectivity index is 1.95. The Bertz CT molecular complexity index is 769. The fraction of sp³-hybridized carbons (Fsp3) is 0.684. The third kappa shape index (κ3) is 4.85. The van der Waals surface area contributed by atoms with Crippen LogP contribution in [0, 0.1) is 11.8 Å². The molecule has 152 valence electrons. The van der Waals surface area contributed by atoms with Crippen LogP contribution in [0.15, 0.2) is 27.6 Å². The largest absolute Gasteiger partial charge is 0.487 e. The molecular weight excluding hydrogens is 432 g/mol. The van der Waals surface area contributed by atoms with Crippen LogP contribution < -0.4 is 4.74 Å². The summed E-state index contributed by atoms with van der Waals surface area (Å²) < 4.78 is 34.9. The molecule has 2 aliphatic rings. The number of sulfonamides is 1. The van der Waals surface area contributed by atoms with Crippen molar-refractivity contribution in [2.45, 2.75) is 43.7 Å². The summed E-state index contributed by atoms with van der Waals surface area (Å²) in [6.45, 7) is 5.65. The van der Waals surface area contributed by atoms with E-state index in [4.69, 9.17) is 4.74 Å². The summed E-state index contributed by atoms with van der Waals surface area (Å²) in [5, 5.41) is 9.62. The molecule has 0 aromatic heterocycles. The summed E-state index contributed by atoms with van der Waals surface area (Å²) >= 11 is 3.42. The maximum absolute atomic E-state index is 13.2. The van der Waals surface area contributed by atoms with Crippen molar-refractivity contribution in [2.75, 3.05) is 33.3 Å². The Morgan fingerprint density at radius 1 is 1.37 bits per heavy atom. The minimum Gasteiger partial charge on any atom is -0.487 e. The lowest BCUT2D eigenvalue weighted by atomic mass is 10.0. The van der Waals surface area contributed by atoms with Crippen molar-refractivity contribution < 1.29 is 18.3 Å². The van der Waals surface area contributed by atoms with Crippen molar-refractivity contribution >= 4 is 26.0 Å². The molecule has 1 fully saturated rings. The van der Waals surface area contributed by atoms with Crippen molar-refractivity contribution in [3.8, 4) is 5.75 Å². The van der Waals surface area contributed by atoms with Gasteiger partial charge in [0.25, 0.3) is 0 Å². The highest BCUT2D eigenvalue weighted by Gasteiger charge is 2.38. The molecule has 27 heavy (non-hydrogen) atoms. The van der Waals surface area contributed by atoms with Gasteiger partial charge in [-0.2, -0.15) is 4.31 Å². The van der Waals surface area contributed by atoms with Crippen LogP contribution in [-0.4, -0.2) is 68.2 Å². The molecule has 1 aliphatic carbocycles. The number of likely N-dealkylation sites (N-methyl/N-ethyl adjacent to an activating group) is 1. The fourth-order valence-electron chi connectivity index (χ4n) is 3.54. The predicted molar refractivity (Wildman–Crippen MR) is 108 cm³/mol. The minimum atomic E-state index is -3.75. The zero-order chi connectivity index (χ0) is 19.8. The third-order valence-corrected chi connectivity index (χ3v) is 7.90. The smallest absolute Gasteiger partial charge is 0.247 e. The molecular formula is C19H29BrN2O4S.